The van der Waals surface area contributed by atoms with Gasteiger partial charge in [0.05, 0.1) is 38.8 Å². The van der Waals surface area contributed by atoms with Crippen LogP contribution in [0.3, 0.4) is 0 Å². The van der Waals surface area contributed by atoms with Crippen LogP contribution in [0.25, 0.3) is 11.3 Å². The number of fused-ring (bicyclic) bond motifs is 1. The SMILES string of the molecule is COc1ccc(CN(Cc2ccc(OC)cc2)c2ncc(-c3nc(N4CCOCC4)nc4c3CCN4c3ccc(C(=O)N(C)CCc4cccnc4)cc3F)cn2)cc1. The highest BCUT2D eigenvalue weighted by Crippen LogP contribution is 2.40. The molecule has 59 heavy (non-hydrogen) atoms. The lowest BCUT2D eigenvalue weighted by Gasteiger charge is -2.28. The van der Waals surface area contributed by atoms with Crippen molar-refractivity contribution >= 4 is 29.3 Å². The van der Waals surface area contributed by atoms with E-state index in [4.69, 9.17) is 34.1 Å². The minimum atomic E-state index is -0.501. The first kappa shape index (κ1) is 39.2. The summed E-state index contributed by atoms with van der Waals surface area (Å²) in [5, 5.41) is 0. The monoisotopic (exact) mass is 795 g/mol. The van der Waals surface area contributed by atoms with E-state index in [9.17, 15) is 4.79 Å². The van der Waals surface area contributed by atoms with Gasteiger partial charge < -0.3 is 33.8 Å². The Labute approximate surface area is 343 Å². The predicted molar refractivity (Wildman–Crippen MR) is 224 cm³/mol. The molecule has 8 rings (SSSR count). The summed E-state index contributed by atoms with van der Waals surface area (Å²) in [4.78, 5) is 45.1. The van der Waals surface area contributed by atoms with Gasteiger partial charge in [-0.2, -0.15) is 4.98 Å². The maximum absolute atomic E-state index is 16.1. The molecule has 1 amide bonds. The van der Waals surface area contributed by atoms with E-state index >= 15 is 4.39 Å². The molecule has 0 aliphatic carbocycles. The first-order chi connectivity index (χ1) is 28.9. The fraction of sp³-hybridized carbons (Fsp3) is 0.289. The zero-order valence-corrected chi connectivity index (χ0v) is 33.4. The number of amides is 1. The highest BCUT2D eigenvalue weighted by Gasteiger charge is 2.31. The van der Waals surface area contributed by atoms with Crippen LogP contribution in [0.15, 0.2) is 104 Å². The van der Waals surface area contributed by atoms with E-state index in [1.165, 1.54) is 6.07 Å². The molecule has 1 saturated heterocycles. The number of carbonyl (C=O) groups excluding carboxylic acids is 1. The second kappa shape index (κ2) is 17.9. The Hall–Kier alpha value is -6.67. The number of halogens is 1. The van der Waals surface area contributed by atoms with Gasteiger partial charge in [-0.1, -0.05) is 30.3 Å². The van der Waals surface area contributed by atoms with Crippen LogP contribution in [0.2, 0.25) is 0 Å². The summed E-state index contributed by atoms with van der Waals surface area (Å²) in [7, 11) is 5.03. The average molecular weight is 796 g/mol. The highest BCUT2D eigenvalue weighted by atomic mass is 19.1. The number of hydrogen-bond acceptors (Lipinski definition) is 12. The Morgan fingerprint density at radius 2 is 1.51 bits per heavy atom. The van der Waals surface area contributed by atoms with Crippen LogP contribution >= 0.6 is 0 Å². The van der Waals surface area contributed by atoms with Gasteiger partial charge in [0.2, 0.25) is 11.9 Å². The lowest BCUT2D eigenvalue weighted by molar-refractivity contribution is 0.0796. The number of morpholine rings is 1. The number of pyridine rings is 1. The van der Waals surface area contributed by atoms with Gasteiger partial charge in [0.15, 0.2) is 0 Å². The number of carbonyl (C=O) groups is 1. The van der Waals surface area contributed by atoms with E-state index < -0.39 is 5.82 Å². The number of nitrogens with zero attached hydrogens (tertiary/aromatic N) is 9. The maximum Gasteiger partial charge on any atom is 0.253 e. The molecular formula is C45H46FN9O4. The van der Waals surface area contributed by atoms with Crippen molar-refractivity contribution in [3.05, 3.63) is 137 Å². The Balaban J connectivity index is 1.08. The van der Waals surface area contributed by atoms with Gasteiger partial charge in [0.1, 0.15) is 23.1 Å². The number of ether oxygens (including phenoxy) is 3. The number of anilines is 4. The van der Waals surface area contributed by atoms with Crippen molar-refractivity contribution in [2.24, 2.45) is 0 Å². The molecule has 3 aromatic carbocycles. The Bertz CT molecular complexity index is 2310. The molecule has 302 valence electrons. The fourth-order valence-corrected chi connectivity index (χ4v) is 7.35. The molecule has 0 spiro atoms. The van der Waals surface area contributed by atoms with Crippen LogP contribution in [0.4, 0.5) is 27.8 Å². The third kappa shape index (κ3) is 8.92. The molecule has 6 aromatic rings. The first-order valence-electron chi connectivity index (χ1n) is 19.6. The van der Waals surface area contributed by atoms with E-state index in [1.807, 2.05) is 65.6 Å². The van der Waals surface area contributed by atoms with Crippen LogP contribution in [0.1, 0.15) is 32.6 Å². The first-order valence-corrected chi connectivity index (χ1v) is 19.6. The normalized spacial score (nSPS) is 13.6. The summed E-state index contributed by atoms with van der Waals surface area (Å²) >= 11 is 0. The third-order valence-electron chi connectivity index (χ3n) is 10.7. The van der Waals surface area contributed by atoms with E-state index in [-0.39, 0.29) is 11.5 Å². The molecule has 13 nitrogen and oxygen atoms in total. The molecule has 0 atom stereocenters. The van der Waals surface area contributed by atoms with Crippen LogP contribution in [0.5, 0.6) is 11.5 Å². The second-order valence-corrected chi connectivity index (χ2v) is 14.5. The van der Waals surface area contributed by atoms with Crippen LogP contribution in [0, 0.1) is 5.82 Å². The molecule has 1 fully saturated rings. The van der Waals surface area contributed by atoms with Gasteiger partial charge >= 0.3 is 0 Å². The van der Waals surface area contributed by atoms with E-state index in [0.29, 0.717) is 94.4 Å². The number of likely N-dealkylation sites (N-methyl/N-ethyl adjacent to an activating group) is 1. The molecule has 0 radical (unpaired) electrons. The Morgan fingerprint density at radius 3 is 2.12 bits per heavy atom. The predicted octanol–water partition coefficient (Wildman–Crippen LogP) is 6.54. The smallest absolute Gasteiger partial charge is 0.253 e. The molecule has 0 bridgehead atoms. The van der Waals surface area contributed by atoms with E-state index in [0.717, 1.165) is 39.3 Å². The standard InChI is InChI=1S/C45H46FN9O4/c1-52(19-16-31-5-4-18-47-26-31)43(56)34-10-15-40(39(46)25-34)55-20-17-38-41(50-45(51-42(38)55)53-21-23-59-24-22-53)35-27-48-44(49-28-35)54(29-32-6-11-36(57-2)12-7-32)30-33-8-13-37(58-3)14-9-33/h4-15,18,25-28H,16-17,19-24,29-30H2,1-3H3. The summed E-state index contributed by atoms with van der Waals surface area (Å²) in [6.45, 7) is 4.43. The summed E-state index contributed by atoms with van der Waals surface area (Å²) in [6, 6.07) is 24.4. The van der Waals surface area contributed by atoms with Gasteiger partial charge in [-0.25, -0.2) is 19.3 Å². The molecule has 14 heteroatoms. The molecule has 2 aliphatic rings. The van der Waals surface area contributed by atoms with Gasteiger partial charge in [-0.05, 0) is 78.1 Å². The Kier molecular flexibility index (Phi) is 11.9. The summed E-state index contributed by atoms with van der Waals surface area (Å²) in [6.07, 6.45) is 8.33. The molecule has 0 saturated carbocycles. The second-order valence-electron chi connectivity index (χ2n) is 14.5. The maximum atomic E-state index is 16.1. The van der Waals surface area contributed by atoms with Gasteiger partial charge in [0, 0.05) is 87.8 Å². The molecule has 0 N–H and O–H groups in total. The minimum absolute atomic E-state index is 0.254. The molecule has 3 aromatic heterocycles. The number of rotatable bonds is 14. The largest absolute Gasteiger partial charge is 0.497 e. The van der Waals surface area contributed by atoms with Crippen LogP contribution < -0.4 is 24.2 Å². The summed E-state index contributed by atoms with van der Waals surface area (Å²) in [5.41, 5.74) is 6.11. The number of aromatic nitrogens is 5. The average Bonchev–Trinajstić information content (AvgIpc) is 3.72. The summed E-state index contributed by atoms with van der Waals surface area (Å²) in [5.74, 6) is 2.52. The Morgan fingerprint density at radius 1 is 0.831 bits per heavy atom. The van der Waals surface area contributed by atoms with Gasteiger partial charge in [-0.3, -0.25) is 9.78 Å². The topological polar surface area (TPSA) is 122 Å². The number of benzene rings is 3. The lowest BCUT2D eigenvalue weighted by Crippen LogP contribution is -2.37. The van der Waals surface area contributed by atoms with Gasteiger partial charge in [0.25, 0.3) is 5.91 Å². The fourth-order valence-electron chi connectivity index (χ4n) is 7.35. The van der Waals surface area contributed by atoms with Crippen molar-refractivity contribution in [3.63, 3.8) is 0 Å². The van der Waals surface area contributed by atoms with Crippen LogP contribution in [-0.2, 0) is 30.7 Å². The molecular weight excluding hydrogens is 750 g/mol. The number of methoxy groups -OCH3 is 2. The van der Waals surface area contributed by atoms with E-state index in [2.05, 4.69) is 14.8 Å². The lowest BCUT2D eigenvalue weighted by atomic mass is 10.1. The van der Waals surface area contributed by atoms with Gasteiger partial charge in [-0.15, -0.1) is 0 Å². The zero-order valence-electron chi connectivity index (χ0n) is 33.4. The van der Waals surface area contributed by atoms with Crippen molar-refractivity contribution in [1.82, 2.24) is 29.8 Å². The molecule has 5 heterocycles. The quantitative estimate of drug-likeness (QED) is 0.119. The van der Waals surface area contributed by atoms with Crippen molar-refractivity contribution in [3.8, 4) is 22.8 Å². The van der Waals surface area contributed by atoms with Crippen molar-refractivity contribution in [1.29, 1.82) is 0 Å². The van der Waals surface area contributed by atoms with Crippen molar-refractivity contribution < 1.29 is 23.4 Å². The van der Waals surface area contributed by atoms with Crippen molar-refractivity contribution in [2.75, 3.05) is 75.4 Å². The number of hydrogen-bond donors (Lipinski definition) is 0. The minimum Gasteiger partial charge on any atom is -0.497 e. The molecule has 2 aliphatic heterocycles. The zero-order chi connectivity index (χ0) is 40.7. The third-order valence-corrected chi connectivity index (χ3v) is 10.7. The highest BCUT2D eigenvalue weighted by molar-refractivity contribution is 5.94. The summed E-state index contributed by atoms with van der Waals surface area (Å²) < 4.78 is 32.5. The molecule has 0 unspecified atom stereocenters. The van der Waals surface area contributed by atoms with E-state index in [1.54, 1.807) is 63.1 Å². The van der Waals surface area contributed by atoms with Crippen LogP contribution in [-0.4, -0.2) is 96.4 Å². The van der Waals surface area contributed by atoms with Crippen molar-refractivity contribution in [2.45, 2.75) is 25.9 Å².